The van der Waals surface area contributed by atoms with Gasteiger partial charge >= 0.3 is 5.97 Å². The number of aliphatic carboxylic acids is 1. The van der Waals surface area contributed by atoms with Crippen LogP contribution in [0.2, 0.25) is 0 Å². The van der Waals surface area contributed by atoms with Crippen molar-refractivity contribution in [3.05, 3.63) is 35.4 Å². The van der Waals surface area contributed by atoms with Gasteiger partial charge in [0, 0.05) is 32.7 Å². The van der Waals surface area contributed by atoms with Crippen molar-refractivity contribution in [2.24, 2.45) is 5.41 Å². The van der Waals surface area contributed by atoms with Crippen LogP contribution < -0.4 is 5.32 Å². The molecule has 2 aliphatic heterocycles. The molecule has 0 aliphatic carbocycles. The number of benzene rings is 1. The van der Waals surface area contributed by atoms with Crippen LogP contribution in [0.3, 0.4) is 0 Å². The average molecular weight is 374 g/mol. The van der Waals surface area contributed by atoms with E-state index in [0.717, 1.165) is 11.1 Å². The summed E-state index contributed by atoms with van der Waals surface area (Å²) in [6.07, 6.45) is 1.54. The second kappa shape index (κ2) is 8.08. The van der Waals surface area contributed by atoms with Crippen molar-refractivity contribution in [1.29, 1.82) is 0 Å². The maximum absolute atomic E-state index is 12.7. The zero-order valence-corrected chi connectivity index (χ0v) is 15.6. The smallest absolute Gasteiger partial charge is 0.311 e. The molecule has 1 atom stereocenters. The predicted octanol–water partition coefficient (Wildman–Crippen LogP) is 1.48. The van der Waals surface area contributed by atoms with Crippen LogP contribution >= 0.6 is 0 Å². The van der Waals surface area contributed by atoms with E-state index in [9.17, 15) is 19.5 Å². The van der Waals surface area contributed by atoms with Crippen molar-refractivity contribution in [2.45, 2.75) is 45.2 Å². The average Bonchev–Trinajstić information content (AvgIpc) is 3.03. The number of carbonyl (C=O) groups excluding carboxylic acids is 2. The van der Waals surface area contributed by atoms with Gasteiger partial charge in [-0.3, -0.25) is 14.4 Å². The summed E-state index contributed by atoms with van der Waals surface area (Å²) < 4.78 is 5.26. The molecule has 0 aromatic heterocycles. The molecule has 0 spiro atoms. The number of carbonyl (C=O) groups is 3. The quantitative estimate of drug-likeness (QED) is 0.786. The third-order valence-electron chi connectivity index (χ3n) is 5.61. The van der Waals surface area contributed by atoms with Gasteiger partial charge in [0.25, 0.3) is 0 Å². The number of ether oxygens (including phenoxy) is 1. The molecule has 0 saturated carbocycles. The van der Waals surface area contributed by atoms with Gasteiger partial charge in [-0.05, 0) is 31.7 Å². The van der Waals surface area contributed by atoms with Crippen LogP contribution in [0, 0.1) is 12.3 Å². The molecular weight excluding hydrogens is 348 g/mol. The van der Waals surface area contributed by atoms with Crippen molar-refractivity contribution in [3.63, 3.8) is 0 Å². The minimum Gasteiger partial charge on any atom is -0.481 e. The molecule has 3 rings (SSSR count). The van der Waals surface area contributed by atoms with E-state index in [1.54, 1.807) is 4.90 Å². The number of hydrogen-bond acceptors (Lipinski definition) is 4. The molecule has 146 valence electrons. The normalized spacial score (nSPS) is 21.9. The summed E-state index contributed by atoms with van der Waals surface area (Å²) in [5.74, 6) is -1.24. The van der Waals surface area contributed by atoms with Crippen molar-refractivity contribution >= 4 is 17.8 Å². The molecule has 0 bridgehead atoms. The highest BCUT2D eigenvalue weighted by Gasteiger charge is 2.42. The summed E-state index contributed by atoms with van der Waals surface area (Å²) in [6, 6.07) is 7.32. The van der Waals surface area contributed by atoms with Gasteiger partial charge in [0.15, 0.2) is 0 Å². The highest BCUT2D eigenvalue weighted by atomic mass is 16.5. The SMILES string of the molecule is Cc1ccc(CN2C(=O)CCC2C(=O)NCC2(C(=O)O)CCOCC2)cc1. The van der Waals surface area contributed by atoms with Gasteiger partial charge in [-0.15, -0.1) is 0 Å². The largest absolute Gasteiger partial charge is 0.481 e. The fourth-order valence-corrected chi connectivity index (χ4v) is 3.70. The molecule has 1 aromatic carbocycles. The summed E-state index contributed by atoms with van der Waals surface area (Å²) in [5, 5.41) is 12.4. The molecule has 7 heteroatoms. The van der Waals surface area contributed by atoms with Crippen LogP contribution in [0.25, 0.3) is 0 Å². The number of likely N-dealkylation sites (tertiary alicyclic amines) is 1. The molecule has 0 radical (unpaired) electrons. The predicted molar refractivity (Wildman–Crippen MR) is 97.9 cm³/mol. The summed E-state index contributed by atoms with van der Waals surface area (Å²) in [5.41, 5.74) is 1.12. The highest BCUT2D eigenvalue weighted by molar-refractivity contribution is 5.91. The number of carboxylic acid groups (broad SMARTS) is 1. The molecule has 1 aromatic rings. The van der Waals surface area contributed by atoms with Gasteiger partial charge in [-0.2, -0.15) is 0 Å². The van der Waals surface area contributed by atoms with E-state index in [4.69, 9.17) is 4.74 Å². The number of carboxylic acids is 1. The molecule has 2 heterocycles. The molecule has 7 nitrogen and oxygen atoms in total. The van der Waals surface area contributed by atoms with E-state index in [1.165, 1.54) is 0 Å². The molecule has 2 fully saturated rings. The Morgan fingerprint density at radius 1 is 1.26 bits per heavy atom. The van der Waals surface area contributed by atoms with Crippen LogP contribution in [0.15, 0.2) is 24.3 Å². The summed E-state index contributed by atoms with van der Waals surface area (Å²) in [6.45, 7) is 3.20. The topological polar surface area (TPSA) is 95.9 Å². The summed E-state index contributed by atoms with van der Waals surface area (Å²) in [7, 11) is 0. The summed E-state index contributed by atoms with van der Waals surface area (Å²) in [4.78, 5) is 38.3. The van der Waals surface area contributed by atoms with E-state index >= 15 is 0 Å². The first-order valence-corrected chi connectivity index (χ1v) is 9.35. The lowest BCUT2D eigenvalue weighted by Crippen LogP contribution is -2.51. The third kappa shape index (κ3) is 4.30. The molecule has 2 amide bonds. The van der Waals surface area contributed by atoms with Crippen LogP contribution in [0.1, 0.15) is 36.8 Å². The fourth-order valence-electron chi connectivity index (χ4n) is 3.70. The first kappa shape index (κ1) is 19.4. The molecule has 2 aliphatic rings. The number of nitrogens with one attached hydrogen (secondary N) is 1. The number of hydrogen-bond donors (Lipinski definition) is 2. The van der Waals surface area contributed by atoms with E-state index in [0.29, 0.717) is 45.4 Å². The molecular formula is C20H26N2O5. The standard InChI is InChI=1S/C20H26N2O5/c1-14-2-4-15(5-3-14)12-22-16(6-7-17(22)23)18(24)21-13-20(19(25)26)8-10-27-11-9-20/h2-5,16H,6-13H2,1H3,(H,21,24)(H,25,26). The van der Waals surface area contributed by atoms with E-state index < -0.39 is 17.4 Å². The Morgan fingerprint density at radius 2 is 1.93 bits per heavy atom. The Bertz CT molecular complexity index is 710. The van der Waals surface area contributed by atoms with Crippen LogP contribution in [0.5, 0.6) is 0 Å². The second-order valence-electron chi connectivity index (χ2n) is 7.48. The van der Waals surface area contributed by atoms with Crippen LogP contribution in [-0.4, -0.2) is 53.6 Å². The Kier molecular flexibility index (Phi) is 5.79. The Hall–Kier alpha value is -2.41. The van der Waals surface area contributed by atoms with Gasteiger partial charge in [0.2, 0.25) is 11.8 Å². The second-order valence-corrected chi connectivity index (χ2v) is 7.48. The lowest BCUT2D eigenvalue weighted by molar-refractivity contribution is -0.155. The molecule has 2 saturated heterocycles. The maximum atomic E-state index is 12.7. The number of amides is 2. The Labute approximate surface area is 158 Å². The lowest BCUT2D eigenvalue weighted by atomic mass is 9.80. The zero-order chi connectivity index (χ0) is 19.4. The van der Waals surface area contributed by atoms with Crippen molar-refractivity contribution in [2.75, 3.05) is 19.8 Å². The molecule has 27 heavy (non-hydrogen) atoms. The van der Waals surface area contributed by atoms with E-state index in [1.807, 2.05) is 31.2 Å². The fraction of sp³-hybridized carbons (Fsp3) is 0.550. The van der Waals surface area contributed by atoms with Crippen molar-refractivity contribution in [1.82, 2.24) is 10.2 Å². The maximum Gasteiger partial charge on any atom is 0.311 e. The summed E-state index contributed by atoms with van der Waals surface area (Å²) >= 11 is 0. The molecule has 2 N–H and O–H groups in total. The van der Waals surface area contributed by atoms with Crippen LogP contribution in [0.4, 0.5) is 0 Å². The monoisotopic (exact) mass is 374 g/mol. The van der Waals surface area contributed by atoms with Gasteiger partial charge in [-0.25, -0.2) is 0 Å². The highest BCUT2D eigenvalue weighted by Crippen LogP contribution is 2.30. The van der Waals surface area contributed by atoms with Crippen molar-refractivity contribution in [3.8, 4) is 0 Å². The van der Waals surface area contributed by atoms with E-state index in [-0.39, 0.29) is 18.4 Å². The molecule has 1 unspecified atom stereocenters. The van der Waals surface area contributed by atoms with Gasteiger partial charge in [0.1, 0.15) is 6.04 Å². The Balaban J connectivity index is 1.64. The number of nitrogens with zero attached hydrogens (tertiary/aromatic N) is 1. The third-order valence-corrected chi connectivity index (χ3v) is 5.61. The van der Waals surface area contributed by atoms with Crippen LogP contribution in [-0.2, 0) is 25.7 Å². The minimum absolute atomic E-state index is 0.0465. The first-order chi connectivity index (χ1) is 12.9. The van der Waals surface area contributed by atoms with Crippen molar-refractivity contribution < 1.29 is 24.2 Å². The minimum atomic E-state index is -0.988. The van der Waals surface area contributed by atoms with E-state index in [2.05, 4.69) is 5.32 Å². The number of aryl methyl sites for hydroxylation is 1. The zero-order valence-electron chi connectivity index (χ0n) is 15.6. The first-order valence-electron chi connectivity index (χ1n) is 9.35. The van der Waals surface area contributed by atoms with Gasteiger partial charge in [-0.1, -0.05) is 29.8 Å². The van der Waals surface area contributed by atoms with Gasteiger partial charge < -0.3 is 20.1 Å². The number of rotatable bonds is 6. The lowest BCUT2D eigenvalue weighted by Gasteiger charge is -2.34. The Morgan fingerprint density at radius 3 is 2.56 bits per heavy atom. The van der Waals surface area contributed by atoms with Gasteiger partial charge in [0.05, 0.1) is 5.41 Å².